The van der Waals surface area contributed by atoms with Crippen LogP contribution < -0.4 is 5.32 Å². The van der Waals surface area contributed by atoms with Crippen molar-refractivity contribution in [3.8, 4) is 0 Å². The Balaban J connectivity index is 2.76. The average molecular weight is 320 g/mol. The summed E-state index contributed by atoms with van der Waals surface area (Å²) in [6.07, 6.45) is 3.57. The van der Waals surface area contributed by atoms with Crippen LogP contribution in [0.5, 0.6) is 0 Å². The van der Waals surface area contributed by atoms with Gasteiger partial charge in [-0.25, -0.2) is 4.79 Å². The van der Waals surface area contributed by atoms with Gasteiger partial charge >= 0.3 is 5.97 Å². The highest BCUT2D eigenvalue weighted by Crippen LogP contribution is 2.19. The largest absolute Gasteiger partial charge is 0.478 e. The number of nitrogens with zero attached hydrogens (tertiary/aromatic N) is 1. The van der Waals surface area contributed by atoms with E-state index in [1.54, 1.807) is 6.07 Å². The van der Waals surface area contributed by atoms with Gasteiger partial charge in [-0.15, -0.1) is 0 Å². The molecule has 1 heterocycles. The lowest BCUT2D eigenvalue weighted by molar-refractivity contribution is -0.127. The van der Waals surface area contributed by atoms with Crippen molar-refractivity contribution >= 4 is 11.9 Å². The summed E-state index contributed by atoms with van der Waals surface area (Å²) in [7, 11) is 0. The van der Waals surface area contributed by atoms with Gasteiger partial charge in [-0.1, -0.05) is 13.8 Å². The number of carboxylic acid groups (broad SMARTS) is 1. The number of aryl methyl sites for hydroxylation is 1. The van der Waals surface area contributed by atoms with Gasteiger partial charge in [0.2, 0.25) is 5.91 Å². The van der Waals surface area contributed by atoms with E-state index in [1.165, 1.54) is 12.3 Å². The van der Waals surface area contributed by atoms with Crippen molar-refractivity contribution in [2.45, 2.75) is 59.4 Å². The number of rotatable bonds is 7. The van der Waals surface area contributed by atoms with Crippen LogP contribution in [0.1, 0.15) is 63.5 Å². The molecule has 0 fully saturated rings. The Labute approximate surface area is 138 Å². The van der Waals surface area contributed by atoms with Crippen LogP contribution in [0, 0.1) is 11.8 Å². The molecule has 0 aliphatic heterocycles. The SMILES string of the molecule is CC(C)C[C@H](CCc1cc(C(=O)O)ccn1)C(=O)NC(C)(C)C. The summed E-state index contributed by atoms with van der Waals surface area (Å²) in [5.41, 5.74) is 0.685. The van der Waals surface area contributed by atoms with Crippen LogP contribution in [0.3, 0.4) is 0 Å². The Bertz CT molecular complexity index is 547. The minimum absolute atomic E-state index is 0.0561. The van der Waals surface area contributed by atoms with Crippen molar-refractivity contribution in [2.75, 3.05) is 0 Å². The number of hydrogen-bond acceptors (Lipinski definition) is 3. The second kappa shape index (κ2) is 8.09. The lowest BCUT2D eigenvalue weighted by Crippen LogP contribution is -2.44. The Morgan fingerprint density at radius 3 is 2.48 bits per heavy atom. The van der Waals surface area contributed by atoms with Crippen molar-refractivity contribution in [3.63, 3.8) is 0 Å². The smallest absolute Gasteiger partial charge is 0.335 e. The first-order valence-corrected chi connectivity index (χ1v) is 8.08. The molecule has 1 aromatic rings. The highest BCUT2D eigenvalue weighted by atomic mass is 16.4. The zero-order valence-corrected chi connectivity index (χ0v) is 14.7. The van der Waals surface area contributed by atoms with Gasteiger partial charge in [-0.2, -0.15) is 0 Å². The monoisotopic (exact) mass is 320 g/mol. The Morgan fingerprint density at radius 1 is 1.30 bits per heavy atom. The summed E-state index contributed by atoms with van der Waals surface area (Å²) in [5, 5.41) is 12.1. The van der Waals surface area contributed by atoms with Crippen LogP contribution in [0.15, 0.2) is 18.3 Å². The fraction of sp³-hybridized carbons (Fsp3) is 0.611. The van der Waals surface area contributed by atoms with Crippen molar-refractivity contribution in [1.29, 1.82) is 0 Å². The molecule has 0 unspecified atom stereocenters. The number of carboxylic acids is 1. The Kier molecular flexibility index (Phi) is 6.73. The maximum Gasteiger partial charge on any atom is 0.335 e. The Hall–Kier alpha value is -1.91. The first-order chi connectivity index (χ1) is 10.6. The average Bonchev–Trinajstić information content (AvgIpc) is 2.41. The van der Waals surface area contributed by atoms with Gasteiger partial charge in [0.1, 0.15) is 0 Å². The summed E-state index contributed by atoms with van der Waals surface area (Å²) in [6, 6.07) is 3.06. The Morgan fingerprint density at radius 2 is 1.96 bits per heavy atom. The number of hydrogen-bond donors (Lipinski definition) is 2. The molecule has 0 radical (unpaired) electrons. The molecule has 0 aliphatic rings. The third kappa shape index (κ3) is 7.26. The second-order valence-electron chi connectivity index (χ2n) is 7.45. The molecule has 23 heavy (non-hydrogen) atoms. The van der Waals surface area contributed by atoms with Gasteiger partial charge in [0.05, 0.1) is 5.56 Å². The number of carbonyl (C=O) groups is 2. The molecular formula is C18H28N2O3. The molecule has 0 aromatic carbocycles. The molecule has 128 valence electrons. The molecule has 1 aromatic heterocycles. The van der Waals surface area contributed by atoms with Crippen molar-refractivity contribution < 1.29 is 14.7 Å². The third-order valence-corrected chi connectivity index (χ3v) is 3.44. The van der Waals surface area contributed by atoms with Gasteiger partial charge in [0.15, 0.2) is 0 Å². The maximum absolute atomic E-state index is 12.5. The second-order valence-corrected chi connectivity index (χ2v) is 7.45. The minimum Gasteiger partial charge on any atom is -0.478 e. The van der Waals surface area contributed by atoms with E-state index in [0.29, 0.717) is 24.5 Å². The van der Waals surface area contributed by atoms with Gasteiger partial charge in [0, 0.05) is 23.3 Å². The lowest BCUT2D eigenvalue weighted by atomic mass is 9.90. The van der Waals surface area contributed by atoms with E-state index in [2.05, 4.69) is 24.1 Å². The molecule has 1 amide bonds. The molecule has 1 atom stereocenters. The zero-order chi connectivity index (χ0) is 17.6. The normalized spacial score (nSPS) is 13.0. The summed E-state index contributed by atoms with van der Waals surface area (Å²) in [6.45, 7) is 10.1. The molecule has 5 nitrogen and oxygen atoms in total. The predicted molar refractivity (Wildman–Crippen MR) is 90.4 cm³/mol. The van der Waals surface area contributed by atoms with Crippen molar-refractivity contribution in [3.05, 3.63) is 29.6 Å². The van der Waals surface area contributed by atoms with E-state index in [0.717, 1.165) is 6.42 Å². The highest BCUT2D eigenvalue weighted by Gasteiger charge is 2.23. The van der Waals surface area contributed by atoms with Gasteiger partial charge in [0.25, 0.3) is 0 Å². The molecule has 5 heteroatoms. The van der Waals surface area contributed by atoms with E-state index in [-0.39, 0.29) is 22.9 Å². The fourth-order valence-electron chi connectivity index (χ4n) is 2.47. The standard InChI is InChI=1S/C18H28N2O3/c1-12(2)10-13(16(21)20-18(3,4)5)6-7-15-11-14(17(22)23)8-9-19-15/h8-9,11-13H,6-7,10H2,1-5H3,(H,20,21)(H,22,23)/t13-/m0/s1. The molecule has 0 bridgehead atoms. The summed E-state index contributed by atoms with van der Waals surface area (Å²) >= 11 is 0. The van der Waals surface area contributed by atoms with Crippen LogP contribution in [0.4, 0.5) is 0 Å². The van der Waals surface area contributed by atoms with E-state index in [1.807, 2.05) is 20.8 Å². The summed E-state index contributed by atoms with van der Waals surface area (Å²) in [4.78, 5) is 27.7. The quantitative estimate of drug-likeness (QED) is 0.808. The van der Waals surface area contributed by atoms with Crippen LogP contribution >= 0.6 is 0 Å². The van der Waals surface area contributed by atoms with Crippen molar-refractivity contribution in [1.82, 2.24) is 10.3 Å². The number of aromatic carboxylic acids is 1. The molecule has 0 spiro atoms. The minimum atomic E-state index is -0.960. The number of amides is 1. The van der Waals surface area contributed by atoms with Gasteiger partial charge in [-0.3, -0.25) is 9.78 Å². The van der Waals surface area contributed by atoms with Crippen LogP contribution in [-0.4, -0.2) is 27.5 Å². The van der Waals surface area contributed by atoms with E-state index in [4.69, 9.17) is 5.11 Å². The zero-order valence-electron chi connectivity index (χ0n) is 14.7. The number of aromatic nitrogens is 1. The van der Waals surface area contributed by atoms with Crippen LogP contribution in [0.2, 0.25) is 0 Å². The number of carbonyl (C=O) groups excluding carboxylic acids is 1. The maximum atomic E-state index is 12.5. The van der Waals surface area contributed by atoms with Crippen molar-refractivity contribution in [2.24, 2.45) is 11.8 Å². The van der Waals surface area contributed by atoms with E-state index < -0.39 is 5.97 Å². The molecule has 2 N–H and O–H groups in total. The molecule has 0 saturated heterocycles. The van der Waals surface area contributed by atoms with E-state index in [9.17, 15) is 9.59 Å². The predicted octanol–water partition coefficient (Wildman–Crippen LogP) is 3.29. The van der Waals surface area contributed by atoms with Crippen LogP contribution in [-0.2, 0) is 11.2 Å². The van der Waals surface area contributed by atoms with Gasteiger partial charge < -0.3 is 10.4 Å². The highest BCUT2D eigenvalue weighted by molar-refractivity contribution is 5.87. The fourth-order valence-corrected chi connectivity index (χ4v) is 2.47. The number of pyridine rings is 1. The van der Waals surface area contributed by atoms with Crippen LogP contribution in [0.25, 0.3) is 0 Å². The first kappa shape index (κ1) is 19.1. The van der Waals surface area contributed by atoms with E-state index >= 15 is 0 Å². The third-order valence-electron chi connectivity index (χ3n) is 3.44. The molecular weight excluding hydrogens is 292 g/mol. The summed E-state index contributed by atoms with van der Waals surface area (Å²) < 4.78 is 0. The topological polar surface area (TPSA) is 79.3 Å². The molecule has 0 saturated carbocycles. The molecule has 0 aliphatic carbocycles. The lowest BCUT2D eigenvalue weighted by Gasteiger charge is -2.26. The number of nitrogens with one attached hydrogen (secondary N) is 1. The summed E-state index contributed by atoms with van der Waals surface area (Å²) in [5.74, 6) is -0.577. The first-order valence-electron chi connectivity index (χ1n) is 8.08. The van der Waals surface area contributed by atoms with Gasteiger partial charge in [-0.05, 0) is 58.1 Å². The molecule has 1 rings (SSSR count).